The zero-order valence-electron chi connectivity index (χ0n) is 14.8. The fourth-order valence-corrected chi connectivity index (χ4v) is 3.22. The maximum Gasteiger partial charge on any atom is 0.191 e. The van der Waals surface area contributed by atoms with E-state index in [2.05, 4.69) is 46.0 Å². The second-order valence-electron chi connectivity index (χ2n) is 6.40. The summed E-state index contributed by atoms with van der Waals surface area (Å²) >= 11 is 0. The predicted molar refractivity (Wildman–Crippen MR) is 99.4 cm³/mol. The number of benzene rings is 1. The van der Waals surface area contributed by atoms with Gasteiger partial charge in [0, 0.05) is 20.3 Å². The standard InChI is InChI=1S/C20H27N3O2/c1-21-20(22-15-18-8-5-11-25-18)23-19(17-6-3-2-4-7-17)14-16-9-12-24-13-10-16/h2-8,11,16,19H,9-10,12-15H2,1H3,(H2,21,22,23)/t19-/m0/s1. The lowest BCUT2D eigenvalue weighted by Crippen LogP contribution is -2.40. The molecule has 3 rings (SSSR count). The lowest BCUT2D eigenvalue weighted by molar-refractivity contribution is 0.0611. The van der Waals surface area contributed by atoms with Crippen molar-refractivity contribution in [3.8, 4) is 0 Å². The molecule has 5 heteroatoms. The van der Waals surface area contributed by atoms with Crippen LogP contribution in [0.1, 0.15) is 36.6 Å². The Kier molecular flexibility index (Phi) is 6.51. The van der Waals surface area contributed by atoms with Crippen molar-refractivity contribution in [2.24, 2.45) is 10.9 Å². The molecular formula is C20H27N3O2. The Morgan fingerprint density at radius 3 is 2.64 bits per heavy atom. The van der Waals surface area contributed by atoms with Crippen LogP contribution < -0.4 is 10.6 Å². The van der Waals surface area contributed by atoms with Crippen LogP contribution in [0.2, 0.25) is 0 Å². The Morgan fingerprint density at radius 1 is 1.16 bits per heavy atom. The summed E-state index contributed by atoms with van der Waals surface area (Å²) in [5.74, 6) is 2.36. The third-order valence-electron chi connectivity index (χ3n) is 4.66. The van der Waals surface area contributed by atoms with Gasteiger partial charge in [-0.2, -0.15) is 0 Å². The third kappa shape index (κ3) is 5.36. The molecule has 134 valence electrons. The van der Waals surface area contributed by atoms with Crippen molar-refractivity contribution in [3.63, 3.8) is 0 Å². The van der Waals surface area contributed by atoms with Gasteiger partial charge in [0.05, 0.1) is 18.8 Å². The number of furan rings is 1. The molecule has 0 spiro atoms. The van der Waals surface area contributed by atoms with Crippen LogP contribution in [0.4, 0.5) is 0 Å². The fourth-order valence-electron chi connectivity index (χ4n) is 3.22. The molecule has 0 bridgehead atoms. The van der Waals surface area contributed by atoms with Gasteiger partial charge in [0.2, 0.25) is 0 Å². The van der Waals surface area contributed by atoms with E-state index in [-0.39, 0.29) is 6.04 Å². The van der Waals surface area contributed by atoms with Crippen molar-refractivity contribution < 1.29 is 9.15 Å². The molecule has 1 saturated heterocycles. The second kappa shape index (κ2) is 9.28. The van der Waals surface area contributed by atoms with E-state index in [9.17, 15) is 0 Å². The number of guanidine groups is 1. The first-order chi connectivity index (χ1) is 12.3. The third-order valence-corrected chi connectivity index (χ3v) is 4.66. The van der Waals surface area contributed by atoms with Crippen molar-refractivity contribution in [3.05, 3.63) is 60.1 Å². The van der Waals surface area contributed by atoms with Crippen molar-refractivity contribution in [1.82, 2.24) is 10.6 Å². The lowest BCUT2D eigenvalue weighted by Gasteiger charge is -2.28. The van der Waals surface area contributed by atoms with E-state index >= 15 is 0 Å². The molecule has 2 heterocycles. The van der Waals surface area contributed by atoms with E-state index in [1.807, 2.05) is 12.1 Å². The first-order valence-electron chi connectivity index (χ1n) is 8.97. The summed E-state index contributed by atoms with van der Waals surface area (Å²) in [7, 11) is 1.80. The van der Waals surface area contributed by atoms with Gasteiger partial charge in [0.25, 0.3) is 0 Å². The van der Waals surface area contributed by atoms with Crippen LogP contribution in [0.15, 0.2) is 58.1 Å². The van der Waals surface area contributed by atoms with Crippen molar-refractivity contribution in [1.29, 1.82) is 0 Å². The minimum absolute atomic E-state index is 0.229. The lowest BCUT2D eigenvalue weighted by atomic mass is 9.89. The van der Waals surface area contributed by atoms with Crippen LogP contribution in [0.5, 0.6) is 0 Å². The molecular weight excluding hydrogens is 314 g/mol. The summed E-state index contributed by atoms with van der Waals surface area (Å²) in [4.78, 5) is 4.37. The van der Waals surface area contributed by atoms with Crippen LogP contribution in [0, 0.1) is 5.92 Å². The van der Waals surface area contributed by atoms with E-state index in [0.717, 1.165) is 44.2 Å². The average Bonchev–Trinajstić information content (AvgIpc) is 3.19. The fraction of sp³-hybridized carbons (Fsp3) is 0.450. The molecule has 1 aromatic heterocycles. The summed E-state index contributed by atoms with van der Waals surface area (Å²) in [6, 6.07) is 14.7. The number of hydrogen-bond donors (Lipinski definition) is 2. The first kappa shape index (κ1) is 17.5. The van der Waals surface area contributed by atoms with E-state index in [1.165, 1.54) is 5.56 Å². The summed E-state index contributed by atoms with van der Waals surface area (Å²) in [6.07, 6.45) is 5.02. The zero-order chi connectivity index (χ0) is 17.3. The van der Waals surface area contributed by atoms with Crippen molar-refractivity contribution >= 4 is 5.96 Å². The number of nitrogens with one attached hydrogen (secondary N) is 2. The maximum atomic E-state index is 5.50. The quantitative estimate of drug-likeness (QED) is 0.624. The number of nitrogens with zero attached hydrogens (tertiary/aromatic N) is 1. The first-order valence-corrected chi connectivity index (χ1v) is 8.97. The summed E-state index contributed by atoms with van der Waals surface area (Å²) in [5.41, 5.74) is 1.29. The molecule has 1 atom stereocenters. The van der Waals surface area contributed by atoms with Crippen LogP contribution in [0.25, 0.3) is 0 Å². The normalized spacial score (nSPS) is 17.2. The molecule has 0 saturated carbocycles. The highest BCUT2D eigenvalue weighted by Gasteiger charge is 2.21. The highest BCUT2D eigenvalue weighted by atomic mass is 16.5. The van der Waals surface area contributed by atoms with Gasteiger partial charge in [-0.1, -0.05) is 30.3 Å². The molecule has 0 unspecified atom stereocenters. The molecule has 1 aromatic carbocycles. The Bertz CT molecular complexity index is 634. The zero-order valence-corrected chi connectivity index (χ0v) is 14.8. The molecule has 5 nitrogen and oxygen atoms in total. The van der Waals surface area contributed by atoms with Gasteiger partial charge >= 0.3 is 0 Å². The van der Waals surface area contributed by atoms with Crippen LogP contribution in [0.3, 0.4) is 0 Å². The van der Waals surface area contributed by atoms with Gasteiger partial charge in [0.1, 0.15) is 5.76 Å². The number of aliphatic imine (C=N–C) groups is 1. The van der Waals surface area contributed by atoms with Gasteiger partial charge in [0.15, 0.2) is 5.96 Å². The highest BCUT2D eigenvalue weighted by molar-refractivity contribution is 5.80. The molecule has 2 aromatic rings. The topological polar surface area (TPSA) is 58.8 Å². The predicted octanol–water partition coefficient (Wildman–Crippen LogP) is 3.50. The average molecular weight is 341 g/mol. The van der Waals surface area contributed by atoms with Crippen molar-refractivity contribution in [2.75, 3.05) is 20.3 Å². The molecule has 1 fully saturated rings. The SMILES string of the molecule is CN=C(NCc1ccco1)N[C@@H](CC1CCOCC1)c1ccccc1. The molecule has 1 aliphatic heterocycles. The van der Waals surface area contributed by atoms with E-state index in [0.29, 0.717) is 12.5 Å². The summed E-state index contributed by atoms with van der Waals surface area (Å²) in [6.45, 7) is 2.36. The highest BCUT2D eigenvalue weighted by Crippen LogP contribution is 2.27. The second-order valence-corrected chi connectivity index (χ2v) is 6.40. The van der Waals surface area contributed by atoms with Crippen LogP contribution >= 0.6 is 0 Å². The number of hydrogen-bond acceptors (Lipinski definition) is 3. The van der Waals surface area contributed by atoms with Crippen LogP contribution in [-0.2, 0) is 11.3 Å². The largest absolute Gasteiger partial charge is 0.467 e. The molecule has 0 amide bonds. The van der Waals surface area contributed by atoms with E-state index in [4.69, 9.17) is 9.15 Å². The van der Waals surface area contributed by atoms with Crippen LogP contribution in [-0.4, -0.2) is 26.2 Å². The Labute approximate surface area is 149 Å². The minimum Gasteiger partial charge on any atom is -0.467 e. The van der Waals surface area contributed by atoms with Gasteiger partial charge in [-0.15, -0.1) is 0 Å². The monoisotopic (exact) mass is 341 g/mol. The van der Waals surface area contributed by atoms with E-state index in [1.54, 1.807) is 13.3 Å². The molecule has 0 radical (unpaired) electrons. The number of rotatable bonds is 6. The van der Waals surface area contributed by atoms with Crippen molar-refractivity contribution in [2.45, 2.75) is 31.8 Å². The maximum absolute atomic E-state index is 5.50. The number of ether oxygens (including phenoxy) is 1. The van der Waals surface area contributed by atoms with Gasteiger partial charge in [-0.05, 0) is 42.9 Å². The Balaban J connectivity index is 1.64. The van der Waals surface area contributed by atoms with Gasteiger partial charge in [-0.25, -0.2) is 0 Å². The Morgan fingerprint density at radius 2 is 1.96 bits per heavy atom. The summed E-state index contributed by atoms with van der Waals surface area (Å²) in [5, 5.41) is 6.92. The molecule has 1 aliphatic rings. The molecule has 25 heavy (non-hydrogen) atoms. The van der Waals surface area contributed by atoms with Gasteiger partial charge < -0.3 is 19.8 Å². The van der Waals surface area contributed by atoms with E-state index < -0.39 is 0 Å². The summed E-state index contributed by atoms with van der Waals surface area (Å²) < 4.78 is 10.9. The minimum atomic E-state index is 0.229. The van der Waals surface area contributed by atoms with Gasteiger partial charge in [-0.3, -0.25) is 4.99 Å². The molecule has 0 aliphatic carbocycles. The smallest absolute Gasteiger partial charge is 0.191 e. The molecule has 2 N–H and O–H groups in total. The Hall–Kier alpha value is -2.27.